The van der Waals surface area contributed by atoms with Crippen molar-refractivity contribution >= 4 is 40.1 Å². The third-order valence-corrected chi connectivity index (χ3v) is 4.99. The van der Waals surface area contributed by atoms with E-state index in [0.29, 0.717) is 11.4 Å². The molecule has 2 aromatic carbocycles. The van der Waals surface area contributed by atoms with Crippen molar-refractivity contribution in [1.82, 2.24) is 4.98 Å². The van der Waals surface area contributed by atoms with E-state index in [1.807, 2.05) is 24.3 Å². The van der Waals surface area contributed by atoms with E-state index in [2.05, 4.69) is 10.3 Å². The number of esters is 1. The number of hydrogen-bond acceptors (Lipinski definition) is 4. The van der Waals surface area contributed by atoms with Crippen molar-refractivity contribution in [2.24, 2.45) is 0 Å². The van der Waals surface area contributed by atoms with Gasteiger partial charge in [0.05, 0.1) is 17.8 Å². The Balaban J connectivity index is 1.45. The highest BCUT2D eigenvalue weighted by Gasteiger charge is 2.30. The minimum absolute atomic E-state index is 0.0729. The number of nitrogens with one attached hydrogen (secondary N) is 2. The van der Waals surface area contributed by atoms with Gasteiger partial charge in [-0.15, -0.1) is 0 Å². The molecule has 0 aliphatic carbocycles. The zero-order valence-corrected chi connectivity index (χ0v) is 16.0. The molecule has 0 fully saturated rings. The summed E-state index contributed by atoms with van der Waals surface area (Å²) in [4.78, 5) is 41.8. The SMILES string of the molecule is C[C@H]1CC(=O)Nc2ccccc2N1C(=O)COC(=O)Cc1c[nH]c2ccccc12. The Hall–Kier alpha value is -3.61. The number of aromatic amines is 1. The highest BCUT2D eigenvalue weighted by Crippen LogP contribution is 2.31. The van der Waals surface area contributed by atoms with Crippen LogP contribution in [-0.2, 0) is 25.5 Å². The summed E-state index contributed by atoms with van der Waals surface area (Å²) in [6.45, 7) is 1.42. The smallest absolute Gasteiger partial charge is 0.310 e. The Labute approximate surface area is 167 Å². The van der Waals surface area contributed by atoms with E-state index >= 15 is 0 Å². The Morgan fingerprint density at radius 1 is 1.14 bits per heavy atom. The molecule has 0 spiro atoms. The molecular formula is C22H21N3O4. The van der Waals surface area contributed by atoms with Gasteiger partial charge in [-0.1, -0.05) is 30.3 Å². The van der Waals surface area contributed by atoms with Crippen LogP contribution in [0.15, 0.2) is 54.7 Å². The molecule has 1 aliphatic heterocycles. The lowest BCUT2D eigenvalue weighted by Gasteiger charge is -2.27. The summed E-state index contributed by atoms with van der Waals surface area (Å²) in [5.41, 5.74) is 2.93. The van der Waals surface area contributed by atoms with E-state index in [1.165, 1.54) is 4.90 Å². The van der Waals surface area contributed by atoms with Crippen LogP contribution in [0, 0.1) is 0 Å². The summed E-state index contributed by atoms with van der Waals surface area (Å²) >= 11 is 0. The van der Waals surface area contributed by atoms with Crippen molar-refractivity contribution in [2.75, 3.05) is 16.8 Å². The zero-order valence-electron chi connectivity index (χ0n) is 16.0. The monoisotopic (exact) mass is 391 g/mol. The number of nitrogens with zero attached hydrogens (tertiary/aromatic N) is 1. The van der Waals surface area contributed by atoms with Gasteiger partial charge in [0.1, 0.15) is 0 Å². The summed E-state index contributed by atoms with van der Waals surface area (Å²) < 4.78 is 5.26. The number of carbonyl (C=O) groups excluding carboxylic acids is 3. The Morgan fingerprint density at radius 2 is 1.90 bits per heavy atom. The molecule has 7 heteroatoms. The summed E-state index contributed by atoms with van der Waals surface area (Å²) in [6.07, 6.45) is 2.02. The molecular weight excluding hydrogens is 370 g/mol. The van der Waals surface area contributed by atoms with E-state index in [4.69, 9.17) is 4.74 Å². The maximum Gasteiger partial charge on any atom is 0.310 e. The normalized spacial score (nSPS) is 16.1. The van der Waals surface area contributed by atoms with Gasteiger partial charge >= 0.3 is 5.97 Å². The number of H-pyrrole nitrogens is 1. The highest BCUT2D eigenvalue weighted by atomic mass is 16.5. The lowest BCUT2D eigenvalue weighted by Crippen LogP contribution is -2.41. The number of carbonyl (C=O) groups is 3. The number of fused-ring (bicyclic) bond motifs is 2. The molecule has 148 valence electrons. The molecule has 3 aromatic rings. The van der Waals surface area contributed by atoms with Crippen molar-refractivity contribution in [3.63, 3.8) is 0 Å². The summed E-state index contributed by atoms with van der Waals surface area (Å²) in [5, 5.41) is 3.76. The Morgan fingerprint density at radius 3 is 2.76 bits per heavy atom. The van der Waals surface area contributed by atoms with Gasteiger partial charge in [-0.05, 0) is 30.7 Å². The molecule has 2 heterocycles. The highest BCUT2D eigenvalue weighted by molar-refractivity contribution is 6.05. The summed E-state index contributed by atoms with van der Waals surface area (Å²) in [7, 11) is 0. The van der Waals surface area contributed by atoms with Gasteiger partial charge in [-0.25, -0.2) is 0 Å². The molecule has 7 nitrogen and oxygen atoms in total. The zero-order chi connectivity index (χ0) is 20.4. The molecule has 0 bridgehead atoms. The minimum Gasteiger partial charge on any atom is -0.455 e. The van der Waals surface area contributed by atoms with Crippen LogP contribution in [0.5, 0.6) is 0 Å². The fourth-order valence-corrected chi connectivity index (χ4v) is 3.66. The van der Waals surface area contributed by atoms with Gasteiger partial charge in [0.25, 0.3) is 5.91 Å². The van der Waals surface area contributed by atoms with Crippen molar-refractivity contribution in [3.8, 4) is 0 Å². The van der Waals surface area contributed by atoms with Crippen molar-refractivity contribution in [1.29, 1.82) is 0 Å². The molecule has 1 aliphatic rings. The van der Waals surface area contributed by atoms with Crippen molar-refractivity contribution in [2.45, 2.75) is 25.8 Å². The van der Waals surface area contributed by atoms with Gasteiger partial charge in [0.2, 0.25) is 5.91 Å². The number of hydrogen-bond donors (Lipinski definition) is 2. The van der Waals surface area contributed by atoms with Crippen LogP contribution in [0.1, 0.15) is 18.9 Å². The average molecular weight is 391 g/mol. The van der Waals surface area contributed by atoms with Crippen molar-refractivity contribution in [3.05, 3.63) is 60.3 Å². The van der Waals surface area contributed by atoms with Crippen LogP contribution >= 0.6 is 0 Å². The van der Waals surface area contributed by atoms with E-state index in [0.717, 1.165) is 16.5 Å². The molecule has 0 saturated heterocycles. The van der Waals surface area contributed by atoms with Gasteiger partial charge in [0, 0.05) is 29.6 Å². The van der Waals surface area contributed by atoms with Crippen molar-refractivity contribution < 1.29 is 19.1 Å². The molecule has 1 aromatic heterocycles. The third kappa shape index (κ3) is 3.85. The van der Waals surface area contributed by atoms with Gasteiger partial charge in [0.15, 0.2) is 6.61 Å². The molecule has 0 radical (unpaired) electrons. The second-order valence-corrected chi connectivity index (χ2v) is 7.08. The molecule has 1 atom stereocenters. The fourth-order valence-electron chi connectivity index (χ4n) is 3.66. The number of para-hydroxylation sites is 3. The third-order valence-electron chi connectivity index (χ3n) is 4.99. The first-order chi connectivity index (χ1) is 14.0. The average Bonchev–Trinajstić information content (AvgIpc) is 3.04. The lowest BCUT2D eigenvalue weighted by molar-refractivity contribution is -0.147. The second kappa shape index (κ2) is 7.79. The molecule has 4 rings (SSSR count). The maximum absolute atomic E-state index is 12.9. The molecule has 0 unspecified atom stereocenters. The van der Waals surface area contributed by atoms with Crippen LogP contribution in [0.4, 0.5) is 11.4 Å². The summed E-state index contributed by atoms with van der Waals surface area (Å²) in [5.74, 6) is -1.00. The number of rotatable bonds is 4. The van der Waals surface area contributed by atoms with Crippen LogP contribution in [-0.4, -0.2) is 35.4 Å². The standard InChI is InChI=1S/C22H21N3O4/c1-14-10-20(26)24-18-8-4-5-9-19(18)25(14)21(27)13-29-22(28)11-15-12-23-17-7-3-2-6-16(15)17/h2-9,12,14,23H,10-11,13H2,1H3,(H,24,26)/t14-/m0/s1. The lowest BCUT2D eigenvalue weighted by atomic mass is 10.1. The Kier molecular flexibility index (Phi) is 5.03. The van der Waals surface area contributed by atoms with Crippen LogP contribution in [0.25, 0.3) is 10.9 Å². The quantitative estimate of drug-likeness (QED) is 0.669. The van der Waals surface area contributed by atoms with Crippen LogP contribution in [0.2, 0.25) is 0 Å². The molecule has 29 heavy (non-hydrogen) atoms. The van der Waals surface area contributed by atoms with E-state index in [9.17, 15) is 14.4 Å². The van der Waals surface area contributed by atoms with E-state index in [1.54, 1.807) is 37.4 Å². The Bertz CT molecular complexity index is 1090. The fraction of sp³-hybridized carbons (Fsp3) is 0.227. The minimum atomic E-state index is -0.479. The molecule has 2 N–H and O–H groups in total. The predicted octanol–water partition coefficient (Wildman–Crippen LogP) is 3.02. The van der Waals surface area contributed by atoms with E-state index < -0.39 is 5.97 Å². The van der Waals surface area contributed by atoms with Gasteiger partial charge < -0.3 is 19.9 Å². The topological polar surface area (TPSA) is 91.5 Å². The largest absolute Gasteiger partial charge is 0.455 e. The second-order valence-electron chi connectivity index (χ2n) is 7.08. The van der Waals surface area contributed by atoms with Crippen LogP contribution < -0.4 is 10.2 Å². The number of ether oxygens (including phenoxy) is 1. The maximum atomic E-state index is 12.9. The first-order valence-electron chi connectivity index (χ1n) is 9.44. The van der Waals surface area contributed by atoms with Crippen LogP contribution in [0.3, 0.4) is 0 Å². The van der Waals surface area contributed by atoms with Gasteiger partial charge in [-0.2, -0.15) is 0 Å². The number of benzene rings is 2. The van der Waals surface area contributed by atoms with Gasteiger partial charge in [-0.3, -0.25) is 14.4 Å². The van der Waals surface area contributed by atoms with E-state index in [-0.39, 0.29) is 37.3 Å². The molecule has 0 saturated carbocycles. The number of anilines is 2. The molecule has 2 amide bonds. The number of amides is 2. The first kappa shape index (κ1) is 18.7. The number of aromatic nitrogens is 1. The first-order valence-corrected chi connectivity index (χ1v) is 9.44. The predicted molar refractivity (Wildman–Crippen MR) is 110 cm³/mol. The summed E-state index contributed by atoms with van der Waals surface area (Å²) in [6, 6.07) is 14.4.